The zero-order chi connectivity index (χ0) is 12.3. The van der Waals surface area contributed by atoms with Gasteiger partial charge in [0.2, 0.25) is 0 Å². The number of nitrogens with zero attached hydrogens (tertiary/aromatic N) is 3. The summed E-state index contributed by atoms with van der Waals surface area (Å²) >= 11 is 4.99. The average Bonchev–Trinajstić information content (AvgIpc) is 2.90. The summed E-state index contributed by atoms with van der Waals surface area (Å²) in [4.78, 5) is 0.326. The molecule has 1 atom stereocenters. The van der Waals surface area contributed by atoms with E-state index in [4.69, 9.17) is 22.7 Å². The lowest BCUT2D eigenvalue weighted by Gasteiger charge is -2.11. The number of nitrogens with two attached hydrogens (primary N) is 1. The largest absolute Gasteiger partial charge is 0.388 e. The van der Waals surface area contributed by atoms with Crippen LogP contribution in [-0.4, -0.2) is 32.7 Å². The van der Waals surface area contributed by atoms with Crippen LogP contribution in [0.4, 0.5) is 0 Å². The summed E-state index contributed by atoms with van der Waals surface area (Å²) < 4.78 is 7.50. The minimum Gasteiger partial charge on any atom is -0.388 e. The first-order valence-electron chi connectivity index (χ1n) is 6.06. The summed E-state index contributed by atoms with van der Waals surface area (Å²) in [5.74, 6) is 0. The predicted octanol–water partition coefficient (Wildman–Crippen LogP) is 1.04. The molecule has 5 nitrogen and oxygen atoms in total. The molecule has 1 aliphatic rings. The number of hydrogen-bond acceptors (Lipinski definition) is 4. The summed E-state index contributed by atoms with van der Waals surface area (Å²) in [6, 6.07) is 0. The monoisotopic (exact) mass is 254 g/mol. The van der Waals surface area contributed by atoms with Crippen molar-refractivity contribution < 1.29 is 4.74 Å². The van der Waals surface area contributed by atoms with Gasteiger partial charge in [-0.1, -0.05) is 30.8 Å². The number of hydrogen-bond donors (Lipinski definition) is 1. The van der Waals surface area contributed by atoms with Crippen LogP contribution in [0.5, 0.6) is 0 Å². The van der Waals surface area contributed by atoms with Crippen molar-refractivity contribution in [3.8, 4) is 0 Å². The summed E-state index contributed by atoms with van der Waals surface area (Å²) in [7, 11) is 0. The Kier molecular flexibility index (Phi) is 4.06. The standard InChI is InChI=1S/C11H18N4OS/c1-2-4-9-10(11(12)17)13-14-15(9)7-8-5-3-6-16-8/h8H,2-7H2,1H3,(H2,12,17). The van der Waals surface area contributed by atoms with Crippen molar-refractivity contribution in [2.75, 3.05) is 6.61 Å². The van der Waals surface area contributed by atoms with Gasteiger partial charge in [-0.05, 0) is 19.3 Å². The van der Waals surface area contributed by atoms with Crippen LogP contribution in [0.2, 0.25) is 0 Å². The Morgan fingerprint density at radius 3 is 3.06 bits per heavy atom. The number of rotatable bonds is 5. The fourth-order valence-electron chi connectivity index (χ4n) is 2.14. The fourth-order valence-corrected chi connectivity index (χ4v) is 2.29. The molecule has 2 heterocycles. The van der Waals surface area contributed by atoms with E-state index in [0.29, 0.717) is 10.7 Å². The van der Waals surface area contributed by atoms with Gasteiger partial charge in [0.15, 0.2) is 0 Å². The van der Waals surface area contributed by atoms with E-state index in [2.05, 4.69) is 17.2 Å². The lowest BCUT2D eigenvalue weighted by molar-refractivity contribution is 0.0927. The molecule has 2 rings (SSSR count). The molecule has 0 aromatic carbocycles. The van der Waals surface area contributed by atoms with Crippen molar-refractivity contribution in [1.29, 1.82) is 0 Å². The fraction of sp³-hybridized carbons (Fsp3) is 0.727. The molecular weight excluding hydrogens is 236 g/mol. The second-order valence-electron chi connectivity index (χ2n) is 4.32. The highest BCUT2D eigenvalue weighted by molar-refractivity contribution is 7.80. The van der Waals surface area contributed by atoms with Crippen LogP contribution in [0, 0.1) is 0 Å². The summed E-state index contributed by atoms with van der Waals surface area (Å²) in [6.45, 7) is 3.72. The molecular formula is C11H18N4OS. The third-order valence-electron chi connectivity index (χ3n) is 2.96. The highest BCUT2D eigenvalue weighted by Gasteiger charge is 2.20. The van der Waals surface area contributed by atoms with Gasteiger partial charge in [-0.3, -0.25) is 0 Å². The van der Waals surface area contributed by atoms with Gasteiger partial charge in [-0.15, -0.1) is 5.10 Å². The smallest absolute Gasteiger partial charge is 0.143 e. The summed E-state index contributed by atoms with van der Waals surface area (Å²) in [6.07, 6.45) is 4.39. The number of aromatic nitrogens is 3. The molecule has 2 N–H and O–H groups in total. The number of thiocarbonyl (C=S) groups is 1. The predicted molar refractivity (Wildman–Crippen MR) is 68.9 cm³/mol. The number of ether oxygens (including phenoxy) is 1. The second-order valence-corrected chi connectivity index (χ2v) is 4.76. The molecule has 0 bridgehead atoms. The quantitative estimate of drug-likeness (QED) is 0.795. The van der Waals surface area contributed by atoms with E-state index in [0.717, 1.165) is 44.5 Å². The SMILES string of the molecule is CCCc1c(C(N)=S)nnn1CC1CCCO1. The minimum atomic E-state index is 0.256. The molecule has 1 saturated heterocycles. The Bertz CT molecular complexity index is 398. The summed E-state index contributed by atoms with van der Waals surface area (Å²) in [5.41, 5.74) is 7.35. The molecule has 1 aromatic heterocycles. The lowest BCUT2D eigenvalue weighted by atomic mass is 10.2. The lowest BCUT2D eigenvalue weighted by Crippen LogP contribution is -2.19. The molecule has 1 unspecified atom stereocenters. The molecule has 94 valence electrons. The maximum absolute atomic E-state index is 5.65. The van der Waals surface area contributed by atoms with Gasteiger partial charge in [-0.2, -0.15) is 0 Å². The maximum Gasteiger partial charge on any atom is 0.143 e. The first kappa shape index (κ1) is 12.4. The van der Waals surface area contributed by atoms with Crippen LogP contribution in [-0.2, 0) is 17.7 Å². The highest BCUT2D eigenvalue weighted by atomic mass is 32.1. The molecule has 1 aromatic rings. The first-order valence-corrected chi connectivity index (χ1v) is 6.47. The molecule has 1 aliphatic heterocycles. The Hall–Kier alpha value is -1.01. The molecule has 0 aliphatic carbocycles. The normalized spacial score (nSPS) is 19.7. The topological polar surface area (TPSA) is 66.0 Å². The molecule has 1 fully saturated rings. The van der Waals surface area contributed by atoms with E-state index in [-0.39, 0.29) is 6.10 Å². The van der Waals surface area contributed by atoms with E-state index < -0.39 is 0 Å². The Morgan fingerprint density at radius 1 is 1.65 bits per heavy atom. The van der Waals surface area contributed by atoms with Crippen molar-refractivity contribution in [1.82, 2.24) is 15.0 Å². The van der Waals surface area contributed by atoms with Crippen molar-refractivity contribution in [3.63, 3.8) is 0 Å². The van der Waals surface area contributed by atoms with Crippen LogP contribution in [0.25, 0.3) is 0 Å². The van der Waals surface area contributed by atoms with Crippen molar-refractivity contribution in [3.05, 3.63) is 11.4 Å². The Morgan fingerprint density at radius 2 is 2.47 bits per heavy atom. The molecule has 0 saturated carbocycles. The molecule has 0 amide bonds. The van der Waals surface area contributed by atoms with Crippen molar-refractivity contribution in [2.45, 2.75) is 45.3 Å². The van der Waals surface area contributed by atoms with Crippen LogP contribution in [0.1, 0.15) is 37.6 Å². The van der Waals surface area contributed by atoms with Crippen LogP contribution in [0.15, 0.2) is 0 Å². The summed E-state index contributed by atoms with van der Waals surface area (Å²) in [5, 5.41) is 8.21. The molecule has 0 spiro atoms. The van der Waals surface area contributed by atoms with E-state index in [1.54, 1.807) is 0 Å². The van der Waals surface area contributed by atoms with E-state index >= 15 is 0 Å². The van der Waals surface area contributed by atoms with Gasteiger partial charge in [-0.25, -0.2) is 4.68 Å². The Labute approximate surface area is 106 Å². The van der Waals surface area contributed by atoms with Gasteiger partial charge in [0.05, 0.1) is 18.3 Å². The third-order valence-corrected chi connectivity index (χ3v) is 3.15. The minimum absolute atomic E-state index is 0.256. The van der Waals surface area contributed by atoms with E-state index in [1.165, 1.54) is 0 Å². The van der Waals surface area contributed by atoms with Crippen LogP contribution in [0.3, 0.4) is 0 Å². The van der Waals surface area contributed by atoms with E-state index in [1.807, 2.05) is 4.68 Å². The van der Waals surface area contributed by atoms with Crippen molar-refractivity contribution in [2.24, 2.45) is 5.73 Å². The maximum atomic E-state index is 5.65. The van der Waals surface area contributed by atoms with Crippen LogP contribution >= 0.6 is 12.2 Å². The van der Waals surface area contributed by atoms with Gasteiger partial charge < -0.3 is 10.5 Å². The Balaban J connectivity index is 2.17. The van der Waals surface area contributed by atoms with Crippen LogP contribution < -0.4 is 5.73 Å². The average molecular weight is 254 g/mol. The zero-order valence-corrected chi connectivity index (χ0v) is 10.9. The van der Waals surface area contributed by atoms with Gasteiger partial charge in [0.1, 0.15) is 10.7 Å². The highest BCUT2D eigenvalue weighted by Crippen LogP contribution is 2.16. The third kappa shape index (κ3) is 2.81. The van der Waals surface area contributed by atoms with Gasteiger partial charge in [0, 0.05) is 6.61 Å². The van der Waals surface area contributed by atoms with E-state index in [9.17, 15) is 0 Å². The second kappa shape index (κ2) is 5.55. The molecule has 17 heavy (non-hydrogen) atoms. The van der Waals surface area contributed by atoms with Gasteiger partial charge >= 0.3 is 0 Å². The first-order chi connectivity index (χ1) is 8.22. The molecule has 6 heteroatoms. The molecule has 0 radical (unpaired) electrons. The zero-order valence-electron chi connectivity index (χ0n) is 10.1. The van der Waals surface area contributed by atoms with Crippen molar-refractivity contribution >= 4 is 17.2 Å². The van der Waals surface area contributed by atoms with Gasteiger partial charge in [0.25, 0.3) is 0 Å².